The fraction of sp³-hybridized carbons (Fsp3) is 0.857. The van der Waals surface area contributed by atoms with Crippen molar-refractivity contribution in [3.8, 4) is 0 Å². The van der Waals surface area contributed by atoms with Crippen LogP contribution in [0.4, 0.5) is 0 Å². The van der Waals surface area contributed by atoms with Crippen molar-refractivity contribution in [2.75, 3.05) is 26.2 Å². The first-order valence-corrected chi connectivity index (χ1v) is 7.31. The summed E-state index contributed by atoms with van der Waals surface area (Å²) >= 11 is 0. The van der Waals surface area contributed by atoms with Gasteiger partial charge in [-0.2, -0.15) is 0 Å². The first kappa shape index (κ1) is 14.3. The van der Waals surface area contributed by atoms with Crippen LogP contribution in [0.1, 0.15) is 39.0 Å². The Labute approximate surface area is 114 Å². The first-order valence-electron chi connectivity index (χ1n) is 7.31. The molecule has 1 amide bonds. The van der Waals surface area contributed by atoms with Crippen LogP contribution in [-0.4, -0.2) is 48.1 Å². The summed E-state index contributed by atoms with van der Waals surface area (Å²) in [4.78, 5) is 25.3. The Morgan fingerprint density at radius 1 is 1.47 bits per heavy atom. The van der Waals surface area contributed by atoms with Crippen molar-refractivity contribution in [1.29, 1.82) is 0 Å². The van der Waals surface area contributed by atoms with Gasteiger partial charge in [-0.05, 0) is 25.2 Å². The van der Waals surface area contributed by atoms with E-state index in [9.17, 15) is 14.7 Å². The van der Waals surface area contributed by atoms with Gasteiger partial charge in [0.25, 0.3) is 0 Å². The topological polar surface area (TPSA) is 69.6 Å². The number of hydrogen-bond donors (Lipinski definition) is 2. The van der Waals surface area contributed by atoms with Crippen molar-refractivity contribution in [2.24, 2.45) is 11.3 Å². The van der Waals surface area contributed by atoms with Crippen molar-refractivity contribution in [2.45, 2.75) is 39.0 Å². The molecule has 2 aliphatic rings. The molecule has 1 heterocycles. The van der Waals surface area contributed by atoms with Gasteiger partial charge >= 0.3 is 5.97 Å². The van der Waals surface area contributed by atoms with E-state index < -0.39 is 11.4 Å². The summed E-state index contributed by atoms with van der Waals surface area (Å²) in [7, 11) is 0. The molecule has 5 nitrogen and oxygen atoms in total. The number of carbonyl (C=O) groups is 2. The minimum Gasteiger partial charge on any atom is -0.481 e. The zero-order valence-corrected chi connectivity index (χ0v) is 11.7. The van der Waals surface area contributed by atoms with Crippen LogP contribution in [-0.2, 0) is 9.59 Å². The van der Waals surface area contributed by atoms with Crippen LogP contribution < -0.4 is 5.32 Å². The molecule has 1 saturated carbocycles. The Hall–Kier alpha value is -1.10. The molecule has 0 bridgehead atoms. The molecule has 0 aromatic carbocycles. The van der Waals surface area contributed by atoms with Crippen LogP contribution in [0.25, 0.3) is 0 Å². The number of carboxylic acid groups (broad SMARTS) is 1. The molecule has 1 saturated heterocycles. The van der Waals surface area contributed by atoms with E-state index in [2.05, 4.69) is 12.2 Å². The van der Waals surface area contributed by atoms with Crippen LogP contribution >= 0.6 is 0 Å². The van der Waals surface area contributed by atoms with Crippen LogP contribution in [0.15, 0.2) is 0 Å². The minimum atomic E-state index is -0.677. The molecule has 2 atom stereocenters. The Morgan fingerprint density at radius 3 is 2.89 bits per heavy atom. The van der Waals surface area contributed by atoms with Gasteiger partial charge in [-0.15, -0.1) is 0 Å². The molecule has 2 N–H and O–H groups in total. The Bertz CT molecular complexity index is 359. The number of nitrogens with one attached hydrogen (secondary N) is 1. The van der Waals surface area contributed by atoms with Gasteiger partial charge in [0.15, 0.2) is 0 Å². The smallest absolute Gasteiger partial charge is 0.311 e. The number of unbranched alkanes of at least 4 members (excludes halogenated alkanes) is 1. The number of likely N-dealkylation sites (tertiary alicyclic amines) is 1. The maximum Gasteiger partial charge on any atom is 0.311 e. The highest BCUT2D eigenvalue weighted by Gasteiger charge is 2.54. The lowest BCUT2D eigenvalue weighted by Crippen LogP contribution is -2.39. The molecule has 0 radical (unpaired) electrons. The molecule has 2 rings (SSSR count). The summed E-state index contributed by atoms with van der Waals surface area (Å²) in [6.07, 6.45) is 4.82. The number of carbonyl (C=O) groups excluding carboxylic acids is 1. The second-order valence-corrected chi connectivity index (χ2v) is 5.92. The average molecular weight is 268 g/mol. The van der Waals surface area contributed by atoms with Gasteiger partial charge < -0.3 is 10.4 Å². The normalized spacial score (nSPS) is 30.3. The van der Waals surface area contributed by atoms with Gasteiger partial charge in [-0.1, -0.05) is 19.8 Å². The van der Waals surface area contributed by atoms with Gasteiger partial charge in [0, 0.05) is 19.6 Å². The van der Waals surface area contributed by atoms with E-state index in [1.807, 2.05) is 4.90 Å². The van der Waals surface area contributed by atoms with E-state index in [-0.39, 0.29) is 11.8 Å². The van der Waals surface area contributed by atoms with Crippen molar-refractivity contribution in [1.82, 2.24) is 10.2 Å². The number of aliphatic carboxylic acids is 1. The van der Waals surface area contributed by atoms with Crippen molar-refractivity contribution >= 4 is 11.9 Å². The molecule has 0 spiro atoms. The SMILES string of the molecule is CCCCNC(=O)CN1C[C@@H]2CCC[C@@]2(C(=O)O)C1. The number of hydrogen-bond acceptors (Lipinski definition) is 3. The van der Waals surface area contributed by atoms with Gasteiger partial charge in [-0.25, -0.2) is 0 Å². The zero-order chi connectivity index (χ0) is 13.9. The van der Waals surface area contributed by atoms with E-state index in [1.165, 1.54) is 0 Å². The fourth-order valence-corrected chi connectivity index (χ4v) is 3.53. The summed E-state index contributed by atoms with van der Waals surface area (Å²) in [5.41, 5.74) is -0.580. The first-order chi connectivity index (χ1) is 9.08. The molecule has 1 aliphatic heterocycles. The summed E-state index contributed by atoms with van der Waals surface area (Å²) in [6.45, 7) is 4.44. The number of carboxylic acids is 1. The molecule has 5 heteroatoms. The van der Waals surface area contributed by atoms with Crippen LogP contribution in [0, 0.1) is 11.3 Å². The monoisotopic (exact) mass is 268 g/mol. The highest BCUT2D eigenvalue weighted by atomic mass is 16.4. The predicted molar refractivity (Wildman–Crippen MR) is 71.8 cm³/mol. The third kappa shape index (κ3) is 2.91. The number of fused-ring (bicyclic) bond motifs is 1. The third-order valence-corrected chi connectivity index (χ3v) is 4.59. The van der Waals surface area contributed by atoms with E-state index in [1.54, 1.807) is 0 Å². The average Bonchev–Trinajstić information content (AvgIpc) is 2.86. The maximum absolute atomic E-state index is 11.8. The molecule has 108 valence electrons. The third-order valence-electron chi connectivity index (χ3n) is 4.59. The summed E-state index contributed by atoms with van der Waals surface area (Å²) in [5.74, 6) is -0.425. The second kappa shape index (κ2) is 5.90. The molecule has 1 aliphatic carbocycles. The molecule has 0 aromatic heterocycles. The molecule has 0 unspecified atom stereocenters. The van der Waals surface area contributed by atoms with Crippen molar-refractivity contribution in [3.63, 3.8) is 0 Å². The van der Waals surface area contributed by atoms with Gasteiger partial charge in [-0.3, -0.25) is 14.5 Å². The summed E-state index contributed by atoms with van der Waals surface area (Å²) in [5, 5.41) is 12.4. The molecule has 19 heavy (non-hydrogen) atoms. The highest BCUT2D eigenvalue weighted by Crippen LogP contribution is 2.48. The second-order valence-electron chi connectivity index (χ2n) is 5.92. The zero-order valence-electron chi connectivity index (χ0n) is 11.7. The summed E-state index contributed by atoms with van der Waals surface area (Å²) < 4.78 is 0. The molecule has 2 fully saturated rings. The number of amides is 1. The number of nitrogens with zero attached hydrogens (tertiary/aromatic N) is 1. The largest absolute Gasteiger partial charge is 0.481 e. The highest BCUT2D eigenvalue weighted by molar-refractivity contribution is 5.79. The van der Waals surface area contributed by atoms with E-state index in [4.69, 9.17) is 0 Å². The fourth-order valence-electron chi connectivity index (χ4n) is 3.53. The van der Waals surface area contributed by atoms with Crippen LogP contribution in [0.2, 0.25) is 0 Å². The van der Waals surface area contributed by atoms with Gasteiger partial charge in [0.05, 0.1) is 12.0 Å². The van der Waals surface area contributed by atoms with Gasteiger partial charge in [0.2, 0.25) is 5.91 Å². The quantitative estimate of drug-likeness (QED) is 0.708. The van der Waals surface area contributed by atoms with Crippen LogP contribution in [0.5, 0.6) is 0 Å². The van der Waals surface area contributed by atoms with E-state index >= 15 is 0 Å². The summed E-state index contributed by atoms with van der Waals surface area (Å²) in [6, 6.07) is 0. The Kier molecular flexibility index (Phi) is 4.45. The predicted octanol–water partition coefficient (Wildman–Crippen LogP) is 1.09. The van der Waals surface area contributed by atoms with Crippen LogP contribution in [0.3, 0.4) is 0 Å². The molecule has 0 aromatic rings. The lowest BCUT2D eigenvalue weighted by molar-refractivity contribution is -0.149. The van der Waals surface area contributed by atoms with Gasteiger partial charge in [0.1, 0.15) is 0 Å². The standard InChI is InChI=1S/C14H24N2O3/c1-2-3-7-15-12(17)9-16-8-11-5-4-6-14(11,10-16)13(18)19/h11H,2-10H2,1H3,(H,15,17)(H,18,19)/t11-,14+/m0/s1. The van der Waals surface area contributed by atoms with E-state index in [0.717, 1.165) is 45.2 Å². The molecular formula is C14H24N2O3. The lowest BCUT2D eigenvalue weighted by atomic mass is 9.81. The van der Waals surface area contributed by atoms with Crippen molar-refractivity contribution in [3.05, 3.63) is 0 Å². The Morgan fingerprint density at radius 2 is 2.26 bits per heavy atom. The van der Waals surface area contributed by atoms with Crippen molar-refractivity contribution < 1.29 is 14.7 Å². The minimum absolute atomic E-state index is 0.0222. The maximum atomic E-state index is 11.8. The number of rotatable bonds is 6. The Balaban J connectivity index is 1.85. The molecular weight excluding hydrogens is 244 g/mol. The van der Waals surface area contributed by atoms with E-state index in [0.29, 0.717) is 13.1 Å². The lowest BCUT2D eigenvalue weighted by Gasteiger charge is -2.23.